The predicted octanol–water partition coefficient (Wildman–Crippen LogP) is 6.08. The molecule has 0 unspecified atom stereocenters. The van der Waals surface area contributed by atoms with Gasteiger partial charge in [-0.1, -0.05) is 38.0 Å². The molecule has 0 aromatic heterocycles. The van der Waals surface area contributed by atoms with Crippen LogP contribution in [0.25, 0.3) is 6.08 Å². The molecule has 236 valence electrons. The molecule has 2 bridgehead atoms. The van der Waals surface area contributed by atoms with Gasteiger partial charge in [0, 0.05) is 30.8 Å². The van der Waals surface area contributed by atoms with Crippen molar-refractivity contribution >= 4 is 12.0 Å². The van der Waals surface area contributed by atoms with E-state index in [1.807, 2.05) is 11.0 Å². The first kappa shape index (κ1) is 29.7. The Bertz CT molecular complexity index is 1470. The number of aliphatic hydroxyl groups is 1. The Labute approximate surface area is 256 Å². The predicted molar refractivity (Wildman–Crippen MR) is 160 cm³/mol. The highest BCUT2D eigenvalue weighted by Crippen LogP contribution is 2.66. The second-order valence-corrected chi connectivity index (χ2v) is 13.6. The minimum Gasteiger partial charge on any atom is -0.504 e. The molecule has 2 aliphatic heterocycles. The second kappa shape index (κ2) is 10.8. The average Bonchev–Trinajstić information content (AvgIpc) is 3.74. The van der Waals surface area contributed by atoms with Crippen LogP contribution in [0, 0.1) is 5.92 Å². The zero-order chi connectivity index (χ0) is 30.9. The molecule has 9 heteroatoms. The molecule has 2 aromatic rings. The van der Waals surface area contributed by atoms with Gasteiger partial charge >= 0.3 is 6.18 Å². The Kier molecular flexibility index (Phi) is 7.28. The highest BCUT2D eigenvalue weighted by atomic mass is 19.4. The van der Waals surface area contributed by atoms with Crippen LogP contribution in [-0.4, -0.2) is 69.3 Å². The normalized spacial score (nSPS) is 30.7. The molecule has 2 heterocycles. The van der Waals surface area contributed by atoms with Gasteiger partial charge in [-0.3, -0.25) is 9.69 Å². The molecule has 0 radical (unpaired) electrons. The molecule has 2 aromatic carbocycles. The van der Waals surface area contributed by atoms with Gasteiger partial charge in [0.05, 0.1) is 22.6 Å². The summed E-state index contributed by atoms with van der Waals surface area (Å²) in [6.45, 7) is 4.38. The number of rotatable bonds is 9. The summed E-state index contributed by atoms with van der Waals surface area (Å²) in [5, 5.41) is 23.8. The molecule has 3 fully saturated rings. The van der Waals surface area contributed by atoms with E-state index in [0.717, 1.165) is 55.6 Å². The second-order valence-electron chi connectivity index (χ2n) is 13.6. The monoisotopic (exact) mass is 610 g/mol. The first-order valence-electron chi connectivity index (χ1n) is 16.2. The lowest BCUT2D eigenvalue weighted by Gasteiger charge is -2.65. The van der Waals surface area contributed by atoms with E-state index in [-0.39, 0.29) is 23.7 Å². The molecule has 1 spiro atoms. The molecule has 5 aliphatic rings. The summed E-state index contributed by atoms with van der Waals surface area (Å²) in [6.07, 6.45) is 5.37. The van der Waals surface area contributed by atoms with Gasteiger partial charge in [0.15, 0.2) is 11.5 Å². The van der Waals surface area contributed by atoms with Crippen molar-refractivity contribution in [2.75, 3.05) is 19.6 Å². The highest BCUT2D eigenvalue weighted by Gasteiger charge is 2.73. The number of phenolic OH excluding ortho intramolecular Hbond substituents is 1. The van der Waals surface area contributed by atoms with Crippen LogP contribution in [-0.2, 0) is 22.8 Å². The Morgan fingerprint density at radius 3 is 2.73 bits per heavy atom. The number of hydrogen-bond acceptors (Lipinski definition) is 5. The first-order valence-corrected chi connectivity index (χ1v) is 16.2. The lowest BCUT2D eigenvalue weighted by Crippen LogP contribution is -2.78. The maximum absolute atomic E-state index is 14.0. The van der Waals surface area contributed by atoms with Gasteiger partial charge in [-0.25, -0.2) is 0 Å². The van der Waals surface area contributed by atoms with Crippen molar-refractivity contribution in [3.05, 3.63) is 64.7 Å². The van der Waals surface area contributed by atoms with Gasteiger partial charge in [-0.15, -0.1) is 0 Å². The molecule has 7 rings (SSSR count). The Balaban J connectivity index is 1.24. The number of benzene rings is 2. The van der Waals surface area contributed by atoms with E-state index in [4.69, 9.17) is 4.74 Å². The molecule has 2 N–H and O–H groups in total. The topological polar surface area (TPSA) is 73.2 Å². The summed E-state index contributed by atoms with van der Waals surface area (Å²) in [6, 6.07) is 8.20. The highest BCUT2D eigenvalue weighted by molar-refractivity contribution is 5.92. The number of likely N-dealkylation sites (tertiary alicyclic amines) is 1. The third-order valence-corrected chi connectivity index (χ3v) is 11.0. The van der Waals surface area contributed by atoms with Crippen LogP contribution >= 0.6 is 0 Å². The molecule has 1 saturated heterocycles. The molecule has 1 amide bonds. The molecular formula is C35H41F3N2O4. The number of nitrogens with zero attached hydrogens (tertiary/aromatic N) is 2. The Morgan fingerprint density at radius 1 is 1.16 bits per heavy atom. The summed E-state index contributed by atoms with van der Waals surface area (Å²) < 4.78 is 46.6. The minimum atomic E-state index is -4.47. The number of carbonyl (C=O) groups is 1. The van der Waals surface area contributed by atoms with Crippen molar-refractivity contribution in [1.29, 1.82) is 0 Å². The molecule has 2 saturated carbocycles. The lowest BCUT2D eigenvalue weighted by molar-refractivity contribution is -0.201. The first-order chi connectivity index (χ1) is 21.1. The molecule has 44 heavy (non-hydrogen) atoms. The molecule has 3 aliphatic carbocycles. The maximum atomic E-state index is 14.0. The van der Waals surface area contributed by atoms with Crippen LogP contribution < -0.4 is 4.74 Å². The Hall–Kier alpha value is -3.04. The zero-order valence-corrected chi connectivity index (χ0v) is 25.2. The number of aromatic hydroxyl groups is 1. The fourth-order valence-corrected chi connectivity index (χ4v) is 8.83. The van der Waals surface area contributed by atoms with Gasteiger partial charge in [-0.05, 0) is 92.8 Å². The number of phenols is 1. The smallest absolute Gasteiger partial charge is 0.416 e. The van der Waals surface area contributed by atoms with Gasteiger partial charge < -0.3 is 19.8 Å². The van der Waals surface area contributed by atoms with Crippen molar-refractivity contribution in [3.63, 3.8) is 0 Å². The quantitative estimate of drug-likeness (QED) is 0.266. The van der Waals surface area contributed by atoms with Crippen molar-refractivity contribution in [2.24, 2.45) is 5.92 Å². The van der Waals surface area contributed by atoms with Crippen LogP contribution in [0.2, 0.25) is 0 Å². The van der Waals surface area contributed by atoms with E-state index >= 15 is 0 Å². The number of carbonyl (C=O) groups excluding carboxylic acids is 1. The van der Waals surface area contributed by atoms with Crippen molar-refractivity contribution in [3.8, 4) is 11.5 Å². The fourth-order valence-electron chi connectivity index (χ4n) is 8.83. The summed E-state index contributed by atoms with van der Waals surface area (Å²) >= 11 is 0. The summed E-state index contributed by atoms with van der Waals surface area (Å²) in [5.41, 5.74) is -0.252. The zero-order valence-electron chi connectivity index (χ0n) is 25.2. The van der Waals surface area contributed by atoms with E-state index in [2.05, 4.69) is 11.8 Å². The number of hydrogen-bond donors (Lipinski definition) is 2. The molecular weight excluding hydrogens is 569 g/mol. The van der Waals surface area contributed by atoms with Gasteiger partial charge in [0.25, 0.3) is 0 Å². The van der Waals surface area contributed by atoms with E-state index in [9.17, 15) is 28.2 Å². The number of alkyl halides is 3. The SMILES string of the molecule is CCCCCN(C(=O)C=Cc1cccc(C(F)(F)F)c1)[C@H]1CC[C@@]2(O)[C@H]3Cc4ccc(O)c5c4[C@@]2(CCN3CC2CC2)[C@H]1O5. The summed E-state index contributed by atoms with van der Waals surface area (Å²) in [5.74, 6) is 0.896. The summed E-state index contributed by atoms with van der Waals surface area (Å²) in [7, 11) is 0. The van der Waals surface area contributed by atoms with Crippen LogP contribution in [0.4, 0.5) is 13.2 Å². The number of ether oxygens (including phenoxy) is 1. The third kappa shape index (κ3) is 4.64. The van der Waals surface area contributed by atoms with E-state index in [1.54, 1.807) is 12.1 Å². The van der Waals surface area contributed by atoms with E-state index in [1.165, 1.54) is 31.1 Å². The maximum Gasteiger partial charge on any atom is 0.416 e. The van der Waals surface area contributed by atoms with Crippen molar-refractivity contribution in [1.82, 2.24) is 9.80 Å². The van der Waals surface area contributed by atoms with Crippen molar-refractivity contribution in [2.45, 2.75) is 100 Å². The fraction of sp³-hybridized carbons (Fsp3) is 0.571. The Morgan fingerprint density at radius 2 is 1.98 bits per heavy atom. The minimum absolute atomic E-state index is 0.0563. The van der Waals surface area contributed by atoms with Gasteiger partial charge in [0.1, 0.15) is 6.10 Å². The number of unbranched alkanes of at least 4 members (excludes halogenated alkanes) is 2. The van der Waals surface area contributed by atoms with Crippen LogP contribution in [0.5, 0.6) is 11.5 Å². The molecule has 5 atom stereocenters. The van der Waals surface area contributed by atoms with Crippen molar-refractivity contribution < 1.29 is 32.9 Å². The number of piperidine rings is 1. The van der Waals surface area contributed by atoms with Gasteiger partial charge in [-0.2, -0.15) is 13.2 Å². The number of amides is 1. The molecule has 6 nitrogen and oxygen atoms in total. The largest absolute Gasteiger partial charge is 0.504 e. The van der Waals surface area contributed by atoms with Gasteiger partial charge in [0.2, 0.25) is 5.91 Å². The average molecular weight is 611 g/mol. The van der Waals surface area contributed by atoms with Crippen LogP contribution in [0.1, 0.15) is 80.5 Å². The van der Waals surface area contributed by atoms with Crippen LogP contribution in [0.3, 0.4) is 0 Å². The lowest BCUT2D eigenvalue weighted by atomic mass is 9.48. The summed E-state index contributed by atoms with van der Waals surface area (Å²) in [4.78, 5) is 18.3. The number of halogens is 3. The van der Waals surface area contributed by atoms with Crippen LogP contribution in [0.15, 0.2) is 42.5 Å². The van der Waals surface area contributed by atoms with E-state index < -0.39 is 28.9 Å². The van der Waals surface area contributed by atoms with E-state index in [0.29, 0.717) is 49.5 Å². The third-order valence-electron chi connectivity index (χ3n) is 11.0. The standard InChI is InChI=1S/C35H41F3N2O4/c1-2-3-4-17-40(29(42)13-10-22-6-5-7-25(19-22)35(36,37)38)26-14-15-34(43)28-20-24-11-12-27(41)31-30(24)33(34,32(26)44-31)16-18-39(28)21-23-8-9-23/h5-7,10-13,19,23,26,28,32,41,43H,2-4,8-9,14-18,20-21H2,1H3/t26-,28+,32-,33-,34+/m0/s1.